The van der Waals surface area contributed by atoms with Crippen molar-refractivity contribution in [2.45, 2.75) is 70.9 Å². The van der Waals surface area contributed by atoms with E-state index in [1.54, 1.807) is 0 Å². The lowest BCUT2D eigenvalue weighted by atomic mass is 9.92. The topological polar surface area (TPSA) is 15.3 Å². The highest BCUT2D eigenvalue weighted by atomic mass is 15.2. The van der Waals surface area contributed by atoms with Gasteiger partial charge in [-0.2, -0.15) is 0 Å². The molecule has 0 aromatic carbocycles. The van der Waals surface area contributed by atoms with Crippen LogP contribution in [0, 0.1) is 5.92 Å². The molecule has 2 aliphatic rings. The van der Waals surface area contributed by atoms with E-state index in [0.717, 1.165) is 18.0 Å². The van der Waals surface area contributed by atoms with Gasteiger partial charge in [-0.3, -0.25) is 0 Å². The first-order valence-corrected chi connectivity index (χ1v) is 7.75. The molecule has 100 valence electrons. The predicted molar refractivity (Wildman–Crippen MR) is 74.3 cm³/mol. The summed E-state index contributed by atoms with van der Waals surface area (Å²) in [5.41, 5.74) is 0. The zero-order valence-electron chi connectivity index (χ0n) is 11.8. The van der Waals surface area contributed by atoms with Crippen molar-refractivity contribution in [1.29, 1.82) is 0 Å². The van der Waals surface area contributed by atoms with E-state index in [1.165, 1.54) is 64.6 Å². The van der Waals surface area contributed by atoms with Gasteiger partial charge in [0.05, 0.1) is 0 Å². The molecule has 0 amide bonds. The fraction of sp³-hybridized carbons (Fsp3) is 1.00. The fourth-order valence-corrected chi connectivity index (χ4v) is 3.54. The number of piperidine rings is 2. The Morgan fingerprint density at radius 2 is 1.94 bits per heavy atom. The van der Waals surface area contributed by atoms with E-state index in [0.29, 0.717) is 0 Å². The van der Waals surface area contributed by atoms with Crippen LogP contribution in [0.1, 0.15) is 58.8 Å². The molecular formula is C15H30N2. The quantitative estimate of drug-likeness (QED) is 0.810. The molecule has 0 aromatic heterocycles. The number of hydrogen-bond acceptors (Lipinski definition) is 2. The van der Waals surface area contributed by atoms with Gasteiger partial charge in [-0.1, -0.05) is 26.7 Å². The van der Waals surface area contributed by atoms with Gasteiger partial charge < -0.3 is 10.2 Å². The van der Waals surface area contributed by atoms with Crippen LogP contribution in [-0.2, 0) is 0 Å². The number of nitrogens with zero attached hydrogens (tertiary/aromatic N) is 1. The largest absolute Gasteiger partial charge is 0.314 e. The monoisotopic (exact) mass is 238 g/mol. The molecule has 0 aliphatic carbocycles. The number of hydrogen-bond donors (Lipinski definition) is 1. The molecule has 2 nitrogen and oxygen atoms in total. The minimum Gasteiger partial charge on any atom is -0.314 e. The van der Waals surface area contributed by atoms with Crippen molar-refractivity contribution in [3.05, 3.63) is 0 Å². The predicted octanol–water partition coefficient (Wildman–Crippen LogP) is 3.03. The van der Waals surface area contributed by atoms with Gasteiger partial charge in [-0.15, -0.1) is 0 Å². The summed E-state index contributed by atoms with van der Waals surface area (Å²) in [4.78, 5) is 2.77. The molecule has 2 heterocycles. The molecule has 17 heavy (non-hydrogen) atoms. The Bertz CT molecular complexity index is 209. The molecule has 2 saturated heterocycles. The first-order chi connectivity index (χ1) is 8.27. The van der Waals surface area contributed by atoms with Crippen molar-refractivity contribution in [3.8, 4) is 0 Å². The van der Waals surface area contributed by atoms with Crippen LogP contribution in [0.5, 0.6) is 0 Å². The summed E-state index contributed by atoms with van der Waals surface area (Å²) in [5.74, 6) is 0.828. The van der Waals surface area contributed by atoms with E-state index in [9.17, 15) is 0 Å². The van der Waals surface area contributed by atoms with Crippen molar-refractivity contribution >= 4 is 0 Å². The van der Waals surface area contributed by atoms with Gasteiger partial charge in [0.25, 0.3) is 0 Å². The van der Waals surface area contributed by atoms with Gasteiger partial charge in [-0.25, -0.2) is 0 Å². The van der Waals surface area contributed by atoms with Crippen LogP contribution in [0.15, 0.2) is 0 Å². The van der Waals surface area contributed by atoms with Gasteiger partial charge in [0.2, 0.25) is 0 Å². The van der Waals surface area contributed by atoms with Gasteiger partial charge in [0.15, 0.2) is 0 Å². The third kappa shape index (κ3) is 3.96. The number of nitrogens with one attached hydrogen (secondary N) is 1. The van der Waals surface area contributed by atoms with Crippen molar-refractivity contribution < 1.29 is 0 Å². The van der Waals surface area contributed by atoms with Crippen LogP contribution in [-0.4, -0.2) is 36.6 Å². The second-order valence-electron chi connectivity index (χ2n) is 6.28. The van der Waals surface area contributed by atoms with Crippen molar-refractivity contribution in [2.75, 3.05) is 19.6 Å². The van der Waals surface area contributed by atoms with Gasteiger partial charge in [-0.05, 0) is 57.7 Å². The van der Waals surface area contributed by atoms with Crippen LogP contribution in [0.3, 0.4) is 0 Å². The highest BCUT2D eigenvalue weighted by Crippen LogP contribution is 2.23. The third-order valence-electron chi connectivity index (χ3n) is 4.61. The van der Waals surface area contributed by atoms with Crippen molar-refractivity contribution in [1.82, 2.24) is 10.2 Å². The lowest BCUT2D eigenvalue weighted by Gasteiger charge is -2.39. The molecule has 0 bridgehead atoms. The molecule has 0 unspecified atom stereocenters. The first-order valence-electron chi connectivity index (χ1n) is 7.75. The van der Waals surface area contributed by atoms with Crippen LogP contribution < -0.4 is 5.32 Å². The Morgan fingerprint density at radius 3 is 2.65 bits per heavy atom. The van der Waals surface area contributed by atoms with E-state index in [1.807, 2.05) is 0 Å². The summed E-state index contributed by atoms with van der Waals surface area (Å²) in [6.45, 7) is 8.69. The highest BCUT2D eigenvalue weighted by Gasteiger charge is 2.25. The second kappa shape index (κ2) is 6.75. The summed E-state index contributed by atoms with van der Waals surface area (Å²) >= 11 is 0. The van der Waals surface area contributed by atoms with E-state index >= 15 is 0 Å². The molecule has 2 fully saturated rings. The Hall–Kier alpha value is -0.0800. The van der Waals surface area contributed by atoms with E-state index in [4.69, 9.17) is 0 Å². The minimum absolute atomic E-state index is 0.804. The van der Waals surface area contributed by atoms with Crippen LogP contribution in [0.4, 0.5) is 0 Å². The van der Waals surface area contributed by atoms with Crippen molar-refractivity contribution in [2.24, 2.45) is 5.92 Å². The Morgan fingerprint density at radius 1 is 1.12 bits per heavy atom. The summed E-state index contributed by atoms with van der Waals surface area (Å²) in [7, 11) is 0. The third-order valence-corrected chi connectivity index (χ3v) is 4.61. The Balaban J connectivity index is 1.75. The lowest BCUT2D eigenvalue weighted by molar-refractivity contribution is 0.105. The SMILES string of the molecule is CC(C)[C@@H]1CCCCN1CC[C@@H]1CCCCN1. The van der Waals surface area contributed by atoms with Gasteiger partial charge in [0, 0.05) is 12.1 Å². The average Bonchev–Trinajstić information content (AvgIpc) is 2.38. The van der Waals surface area contributed by atoms with Gasteiger partial charge >= 0.3 is 0 Å². The zero-order chi connectivity index (χ0) is 12.1. The van der Waals surface area contributed by atoms with E-state index in [2.05, 4.69) is 24.1 Å². The summed E-state index contributed by atoms with van der Waals surface area (Å²) < 4.78 is 0. The zero-order valence-corrected chi connectivity index (χ0v) is 11.8. The second-order valence-corrected chi connectivity index (χ2v) is 6.28. The molecule has 0 radical (unpaired) electrons. The molecular weight excluding hydrogens is 208 g/mol. The highest BCUT2D eigenvalue weighted by molar-refractivity contribution is 4.81. The van der Waals surface area contributed by atoms with Crippen molar-refractivity contribution in [3.63, 3.8) is 0 Å². The molecule has 0 spiro atoms. The average molecular weight is 238 g/mol. The van der Waals surface area contributed by atoms with Crippen LogP contribution >= 0.6 is 0 Å². The summed E-state index contributed by atoms with van der Waals surface area (Å²) in [5, 5.41) is 3.68. The summed E-state index contributed by atoms with van der Waals surface area (Å²) in [6, 6.07) is 1.66. The maximum Gasteiger partial charge on any atom is 0.0118 e. The molecule has 0 saturated carbocycles. The first kappa shape index (κ1) is 13.4. The molecule has 2 aliphatic heterocycles. The van der Waals surface area contributed by atoms with Crippen LogP contribution in [0.2, 0.25) is 0 Å². The fourth-order valence-electron chi connectivity index (χ4n) is 3.54. The summed E-state index contributed by atoms with van der Waals surface area (Å²) in [6.07, 6.45) is 9.88. The minimum atomic E-state index is 0.804. The lowest BCUT2D eigenvalue weighted by Crippen LogP contribution is -2.45. The molecule has 1 N–H and O–H groups in total. The molecule has 0 aromatic rings. The van der Waals surface area contributed by atoms with E-state index in [-0.39, 0.29) is 0 Å². The standard InChI is InChI=1S/C15H30N2/c1-13(2)15-8-4-6-11-17(15)12-9-14-7-3-5-10-16-14/h13-16H,3-12H2,1-2H3/t14-,15-/m0/s1. The van der Waals surface area contributed by atoms with Gasteiger partial charge in [0.1, 0.15) is 0 Å². The Kier molecular flexibility index (Phi) is 5.30. The van der Waals surface area contributed by atoms with Crippen LogP contribution in [0.25, 0.3) is 0 Å². The maximum absolute atomic E-state index is 3.68. The Labute approximate surface area is 107 Å². The number of rotatable bonds is 4. The molecule has 2 heteroatoms. The van der Waals surface area contributed by atoms with E-state index < -0.39 is 0 Å². The molecule has 2 rings (SSSR count). The maximum atomic E-state index is 3.68. The normalized spacial score (nSPS) is 31.9. The number of likely N-dealkylation sites (tertiary alicyclic amines) is 1. The smallest absolute Gasteiger partial charge is 0.0118 e. The molecule has 2 atom stereocenters.